The molecule has 1 rings (SSSR count). The van der Waals surface area contributed by atoms with Gasteiger partial charge in [-0.05, 0) is 50.9 Å². The van der Waals surface area contributed by atoms with Gasteiger partial charge in [0, 0.05) is 6.04 Å². The van der Waals surface area contributed by atoms with Crippen LogP contribution in [0.2, 0.25) is 5.02 Å². The average molecular weight is 322 g/mol. The van der Waals surface area contributed by atoms with E-state index in [-0.39, 0.29) is 15.7 Å². The Morgan fingerprint density at radius 2 is 2.10 bits per heavy atom. The summed E-state index contributed by atoms with van der Waals surface area (Å²) in [6, 6.07) is 3.81. The molecule has 3 nitrogen and oxygen atoms in total. The van der Waals surface area contributed by atoms with Crippen LogP contribution in [0.25, 0.3) is 0 Å². The van der Waals surface area contributed by atoms with E-state index in [4.69, 9.17) is 11.6 Å². The van der Waals surface area contributed by atoms with Gasteiger partial charge in [0.15, 0.2) is 9.84 Å². The van der Waals surface area contributed by atoms with Crippen molar-refractivity contribution < 1.29 is 12.8 Å². The quantitative estimate of drug-likeness (QED) is 0.746. The minimum absolute atomic E-state index is 0.0487. The van der Waals surface area contributed by atoms with Crippen molar-refractivity contribution in [1.82, 2.24) is 5.32 Å². The monoisotopic (exact) mass is 321 g/mol. The number of hydrogen-bond acceptors (Lipinski definition) is 3. The third-order valence-corrected chi connectivity index (χ3v) is 5.13. The minimum Gasteiger partial charge on any atom is -0.314 e. The number of benzene rings is 1. The van der Waals surface area contributed by atoms with Crippen molar-refractivity contribution in [3.8, 4) is 0 Å². The van der Waals surface area contributed by atoms with Gasteiger partial charge in [-0.2, -0.15) is 0 Å². The molecule has 0 aromatic heterocycles. The second-order valence-electron chi connectivity index (χ2n) is 4.89. The first-order chi connectivity index (χ1) is 9.36. The molecule has 1 N–H and O–H groups in total. The standard InChI is InChI=1S/C14H21ClFNO2S/c1-3-8-17-11(2)5-4-9-20(18,19)12-6-7-14(16)13(15)10-12/h6-7,10-11,17H,3-5,8-9H2,1-2H3. The molecule has 0 aliphatic heterocycles. The van der Waals surface area contributed by atoms with Crippen molar-refractivity contribution in [2.45, 2.75) is 44.0 Å². The fourth-order valence-electron chi connectivity index (χ4n) is 1.86. The van der Waals surface area contributed by atoms with Crippen LogP contribution in [0.5, 0.6) is 0 Å². The Labute approximate surface area is 125 Å². The van der Waals surface area contributed by atoms with Crippen LogP contribution in [0, 0.1) is 5.82 Å². The van der Waals surface area contributed by atoms with Gasteiger partial charge in [0.2, 0.25) is 0 Å². The summed E-state index contributed by atoms with van der Waals surface area (Å²) < 4.78 is 37.2. The predicted molar refractivity (Wildman–Crippen MR) is 80.5 cm³/mol. The van der Waals surface area contributed by atoms with Gasteiger partial charge < -0.3 is 5.32 Å². The summed E-state index contributed by atoms with van der Waals surface area (Å²) in [4.78, 5) is 0.0815. The van der Waals surface area contributed by atoms with E-state index in [0.29, 0.717) is 12.5 Å². The molecule has 0 aliphatic carbocycles. The Balaban J connectivity index is 2.55. The SMILES string of the molecule is CCCNC(C)CCCS(=O)(=O)c1ccc(F)c(Cl)c1. The van der Waals surface area contributed by atoms with Crippen LogP contribution < -0.4 is 5.32 Å². The number of halogens is 2. The first kappa shape index (κ1) is 17.4. The zero-order valence-electron chi connectivity index (χ0n) is 11.8. The molecule has 114 valence electrons. The van der Waals surface area contributed by atoms with E-state index >= 15 is 0 Å². The summed E-state index contributed by atoms with van der Waals surface area (Å²) in [7, 11) is -3.39. The zero-order chi connectivity index (χ0) is 15.2. The molecule has 0 amide bonds. The maximum absolute atomic E-state index is 13.0. The Bertz CT molecular complexity index is 534. The maximum atomic E-state index is 13.0. The molecule has 20 heavy (non-hydrogen) atoms. The molecular weight excluding hydrogens is 301 g/mol. The van der Waals surface area contributed by atoms with E-state index in [1.807, 2.05) is 6.92 Å². The average Bonchev–Trinajstić information content (AvgIpc) is 2.39. The van der Waals surface area contributed by atoms with Crippen LogP contribution in [0.3, 0.4) is 0 Å². The van der Waals surface area contributed by atoms with Crippen molar-refractivity contribution in [2.75, 3.05) is 12.3 Å². The van der Waals surface area contributed by atoms with Crippen molar-refractivity contribution in [2.24, 2.45) is 0 Å². The maximum Gasteiger partial charge on any atom is 0.178 e. The minimum atomic E-state index is -3.39. The lowest BCUT2D eigenvalue weighted by atomic mass is 10.2. The molecule has 0 saturated carbocycles. The van der Waals surface area contributed by atoms with Gasteiger partial charge >= 0.3 is 0 Å². The van der Waals surface area contributed by atoms with Crippen molar-refractivity contribution in [1.29, 1.82) is 0 Å². The third-order valence-electron chi connectivity index (χ3n) is 3.04. The number of nitrogens with one attached hydrogen (secondary N) is 1. The van der Waals surface area contributed by atoms with Crippen LogP contribution in [-0.2, 0) is 9.84 Å². The van der Waals surface area contributed by atoms with Crippen molar-refractivity contribution >= 4 is 21.4 Å². The highest BCUT2D eigenvalue weighted by molar-refractivity contribution is 7.91. The molecule has 6 heteroatoms. The van der Waals surface area contributed by atoms with Gasteiger partial charge in [-0.15, -0.1) is 0 Å². The molecule has 0 heterocycles. The normalized spacial score (nSPS) is 13.4. The summed E-state index contributed by atoms with van der Waals surface area (Å²) in [5.74, 6) is -0.560. The summed E-state index contributed by atoms with van der Waals surface area (Å²) in [5.41, 5.74) is 0. The number of hydrogen-bond donors (Lipinski definition) is 1. The molecule has 1 aromatic carbocycles. The van der Waals surface area contributed by atoms with Gasteiger partial charge in [-0.25, -0.2) is 12.8 Å². The van der Waals surface area contributed by atoms with E-state index in [1.165, 1.54) is 12.1 Å². The lowest BCUT2D eigenvalue weighted by Crippen LogP contribution is -2.27. The Morgan fingerprint density at radius 3 is 2.70 bits per heavy atom. The van der Waals surface area contributed by atoms with Crippen LogP contribution in [-0.4, -0.2) is 26.8 Å². The molecule has 0 saturated heterocycles. The van der Waals surface area contributed by atoms with Gasteiger partial charge in [-0.3, -0.25) is 0 Å². The summed E-state index contributed by atoms with van der Waals surface area (Å²) >= 11 is 5.61. The van der Waals surface area contributed by atoms with Gasteiger partial charge in [-0.1, -0.05) is 18.5 Å². The van der Waals surface area contributed by atoms with Crippen LogP contribution in [0.15, 0.2) is 23.1 Å². The van der Waals surface area contributed by atoms with Gasteiger partial charge in [0.1, 0.15) is 5.82 Å². The van der Waals surface area contributed by atoms with Gasteiger partial charge in [0.25, 0.3) is 0 Å². The molecule has 0 aliphatic rings. The predicted octanol–water partition coefficient (Wildman–Crippen LogP) is 3.42. The van der Waals surface area contributed by atoms with Crippen LogP contribution in [0.4, 0.5) is 4.39 Å². The van der Waals surface area contributed by atoms with Crippen molar-refractivity contribution in [3.63, 3.8) is 0 Å². The molecule has 1 unspecified atom stereocenters. The van der Waals surface area contributed by atoms with Crippen molar-refractivity contribution in [3.05, 3.63) is 29.0 Å². The Hall–Kier alpha value is -0.650. The molecule has 0 bridgehead atoms. The smallest absolute Gasteiger partial charge is 0.178 e. The lowest BCUT2D eigenvalue weighted by molar-refractivity contribution is 0.506. The Morgan fingerprint density at radius 1 is 1.40 bits per heavy atom. The second kappa shape index (κ2) is 7.96. The highest BCUT2D eigenvalue weighted by atomic mass is 35.5. The highest BCUT2D eigenvalue weighted by Gasteiger charge is 2.16. The highest BCUT2D eigenvalue weighted by Crippen LogP contribution is 2.21. The fourth-order valence-corrected chi connectivity index (χ4v) is 3.46. The van der Waals surface area contributed by atoms with Gasteiger partial charge in [0.05, 0.1) is 15.7 Å². The molecule has 0 radical (unpaired) electrons. The van der Waals surface area contributed by atoms with E-state index in [1.54, 1.807) is 0 Å². The summed E-state index contributed by atoms with van der Waals surface area (Å²) in [6.45, 7) is 5.06. The van der Waals surface area contributed by atoms with E-state index in [2.05, 4.69) is 12.2 Å². The van der Waals surface area contributed by atoms with Crippen LogP contribution >= 0.6 is 11.6 Å². The molecular formula is C14H21ClFNO2S. The molecule has 1 atom stereocenters. The largest absolute Gasteiger partial charge is 0.314 e. The topological polar surface area (TPSA) is 46.2 Å². The zero-order valence-corrected chi connectivity index (χ0v) is 13.4. The first-order valence-electron chi connectivity index (χ1n) is 6.78. The third kappa shape index (κ3) is 5.38. The Kier molecular flexibility index (Phi) is 6.92. The lowest BCUT2D eigenvalue weighted by Gasteiger charge is -2.13. The summed E-state index contributed by atoms with van der Waals surface area (Å²) in [6.07, 6.45) is 2.40. The molecule has 0 spiro atoms. The summed E-state index contributed by atoms with van der Waals surface area (Å²) in [5, 5.41) is 3.15. The first-order valence-corrected chi connectivity index (χ1v) is 8.81. The van der Waals surface area contributed by atoms with Crippen LogP contribution in [0.1, 0.15) is 33.1 Å². The molecule has 1 aromatic rings. The number of sulfone groups is 1. The van der Waals surface area contributed by atoms with E-state index in [9.17, 15) is 12.8 Å². The second-order valence-corrected chi connectivity index (χ2v) is 7.41. The van der Waals surface area contributed by atoms with E-state index < -0.39 is 15.7 Å². The molecule has 0 fully saturated rings. The number of rotatable bonds is 8. The fraction of sp³-hybridized carbons (Fsp3) is 0.571. The van der Waals surface area contributed by atoms with E-state index in [0.717, 1.165) is 25.5 Å².